The van der Waals surface area contributed by atoms with Gasteiger partial charge in [-0.15, -0.1) is 0 Å². The molecule has 0 amide bonds. The van der Waals surface area contributed by atoms with Gasteiger partial charge < -0.3 is 0 Å². The van der Waals surface area contributed by atoms with Gasteiger partial charge in [0.05, 0.1) is 5.69 Å². The van der Waals surface area contributed by atoms with Crippen molar-refractivity contribution in [2.75, 3.05) is 0 Å². The molecule has 1 nitrogen and oxygen atoms in total. The molecule has 0 aliphatic carbocycles. The Morgan fingerprint density at radius 2 is 1.58 bits per heavy atom. The molecule has 0 heterocycles. The molecule has 1 aromatic rings. The Kier molecular flexibility index (Phi) is 8.20. The molecule has 1 heteroatoms. The van der Waals surface area contributed by atoms with E-state index >= 15 is 0 Å². The van der Waals surface area contributed by atoms with E-state index in [0.29, 0.717) is 0 Å². The van der Waals surface area contributed by atoms with Crippen LogP contribution in [0.25, 0.3) is 0 Å². The second-order valence-electron chi connectivity index (χ2n) is 5.43. The van der Waals surface area contributed by atoms with E-state index in [2.05, 4.69) is 45.0 Å². The molecule has 0 saturated heterocycles. The zero-order chi connectivity index (χ0) is 13.9. The van der Waals surface area contributed by atoms with Gasteiger partial charge >= 0.3 is 0 Å². The summed E-state index contributed by atoms with van der Waals surface area (Å²) in [6.07, 6.45) is 10.1. The molecule has 0 unspecified atom stereocenters. The molecule has 0 aromatic heterocycles. The van der Waals surface area contributed by atoms with Crippen LogP contribution >= 0.6 is 0 Å². The number of nitrogens with zero attached hydrogens (tertiary/aromatic N) is 1. The molecule has 0 N–H and O–H groups in total. The lowest BCUT2D eigenvalue weighted by atomic mass is 10.1. The highest BCUT2D eigenvalue weighted by atomic mass is 14.7. The molecule has 106 valence electrons. The van der Waals surface area contributed by atoms with Crippen molar-refractivity contribution in [2.45, 2.75) is 72.1 Å². The number of hydrogen-bond acceptors (Lipinski definition) is 1. The normalized spacial score (nSPS) is 11.8. The molecule has 19 heavy (non-hydrogen) atoms. The van der Waals surface area contributed by atoms with Crippen LogP contribution in [0.1, 0.15) is 71.3 Å². The highest BCUT2D eigenvalue weighted by Crippen LogP contribution is 2.16. The van der Waals surface area contributed by atoms with E-state index in [1.54, 1.807) is 0 Å². The Balaban J connectivity index is 2.42. The maximum Gasteiger partial charge on any atom is 0.0629 e. The Hall–Kier alpha value is -1.11. The van der Waals surface area contributed by atoms with Crippen LogP contribution in [0.15, 0.2) is 29.3 Å². The van der Waals surface area contributed by atoms with E-state index in [9.17, 15) is 0 Å². The second kappa shape index (κ2) is 9.77. The Bertz CT molecular complexity index is 362. The zero-order valence-electron chi connectivity index (χ0n) is 12.9. The minimum absolute atomic E-state index is 1.10. The van der Waals surface area contributed by atoms with E-state index in [1.165, 1.54) is 56.2 Å². The lowest BCUT2D eigenvalue weighted by Gasteiger charge is -2.03. The maximum atomic E-state index is 4.69. The van der Waals surface area contributed by atoms with E-state index in [1.807, 2.05) is 0 Å². The average Bonchev–Trinajstić information content (AvgIpc) is 2.43. The SMILES string of the molecule is CCCCCC/C(C)=N\c1ccc(CCCC)cc1. The molecule has 0 aliphatic rings. The maximum absolute atomic E-state index is 4.69. The van der Waals surface area contributed by atoms with Crippen molar-refractivity contribution in [3.8, 4) is 0 Å². The fourth-order valence-electron chi connectivity index (χ4n) is 2.20. The topological polar surface area (TPSA) is 12.4 Å². The molecule has 0 radical (unpaired) electrons. The number of aliphatic imine (C=N–C) groups is 1. The summed E-state index contributed by atoms with van der Waals surface area (Å²) in [7, 11) is 0. The van der Waals surface area contributed by atoms with Crippen LogP contribution in [0.2, 0.25) is 0 Å². The summed E-state index contributed by atoms with van der Waals surface area (Å²) >= 11 is 0. The predicted octanol–water partition coefficient (Wildman–Crippen LogP) is 6.09. The van der Waals surface area contributed by atoms with Crippen molar-refractivity contribution in [2.24, 2.45) is 4.99 Å². The van der Waals surface area contributed by atoms with Crippen LogP contribution in [0.5, 0.6) is 0 Å². The van der Waals surface area contributed by atoms with E-state index in [4.69, 9.17) is 4.99 Å². The fraction of sp³-hybridized carbons (Fsp3) is 0.611. The summed E-state index contributed by atoms with van der Waals surface area (Å²) in [4.78, 5) is 4.69. The summed E-state index contributed by atoms with van der Waals surface area (Å²) in [6.45, 7) is 6.64. The largest absolute Gasteiger partial charge is 0.258 e. The van der Waals surface area contributed by atoms with Crippen molar-refractivity contribution in [3.63, 3.8) is 0 Å². The Morgan fingerprint density at radius 3 is 2.21 bits per heavy atom. The first-order chi connectivity index (χ1) is 9.26. The quantitative estimate of drug-likeness (QED) is 0.376. The summed E-state index contributed by atoms with van der Waals surface area (Å²) < 4.78 is 0. The van der Waals surface area contributed by atoms with Gasteiger partial charge in [0.25, 0.3) is 0 Å². The first kappa shape index (κ1) is 15.9. The number of hydrogen-bond donors (Lipinski definition) is 0. The van der Waals surface area contributed by atoms with Crippen molar-refractivity contribution in [1.82, 2.24) is 0 Å². The van der Waals surface area contributed by atoms with Crippen molar-refractivity contribution in [3.05, 3.63) is 29.8 Å². The van der Waals surface area contributed by atoms with Gasteiger partial charge in [-0.3, -0.25) is 4.99 Å². The number of benzene rings is 1. The van der Waals surface area contributed by atoms with Crippen LogP contribution < -0.4 is 0 Å². The third-order valence-corrected chi connectivity index (χ3v) is 3.47. The molecule has 0 saturated carbocycles. The lowest BCUT2D eigenvalue weighted by molar-refractivity contribution is 0.682. The first-order valence-electron chi connectivity index (χ1n) is 7.89. The summed E-state index contributed by atoms with van der Waals surface area (Å²) in [6, 6.07) is 8.75. The fourth-order valence-corrected chi connectivity index (χ4v) is 2.20. The molecular formula is C18H29N. The van der Waals surface area contributed by atoms with Gasteiger partial charge in [-0.1, -0.05) is 51.7 Å². The monoisotopic (exact) mass is 259 g/mol. The summed E-state index contributed by atoms with van der Waals surface area (Å²) in [5, 5.41) is 0. The second-order valence-corrected chi connectivity index (χ2v) is 5.43. The third-order valence-electron chi connectivity index (χ3n) is 3.47. The minimum atomic E-state index is 1.10. The van der Waals surface area contributed by atoms with Crippen molar-refractivity contribution < 1.29 is 0 Å². The lowest BCUT2D eigenvalue weighted by Crippen LogP contribution is -1.91. The summed E-state index contributed by atoms with van der Waals surface area (Å²) in [5.74, 6) is 0. The van der Waals surface area contributed by atoms with Crippen molar-refractivity contribution >= 4 is 11.4 Å². The van der Waals surface area contributed by atoms with E-state index in [-0.39, 0.29) is 0 Å². The van der Waals surface area contributed by atoms with Gasteiger partial charge in [0.1, 0.15) is 0 Å². The molecule has 1 aromatic carbocycles. The standard InChI is InChI=1S/C18H29N/c1-4-6-8-9-10-16(3)19-18-14-12-17(13-15-18)11-7-5-2/h12-15H,4-11H2,1-3H3/b19-16-. The summed E-state index contributed by atoms with van der Waals surface area (Å²) in [5.41, 5.74) is 3.80. The number of aryl methyl sites for hydroxylation is 1. The minimum Gasteiger partial charge on any atom is -0.258 e. The Labute approximate surface area is 119 Å². The van der Waals surface area contributed by atoms with Crippen LogP contribution in [-0.2, 0) is 6.42 Å². The van der Waals surface area contributed by atoms with Crippen LogP contribution in [0.3, 0.4) is 0 Å². The predicted molar refractivity (Wildman–Crippen MR) is 86.6 cm³/mol. The smallest absolute Gasteiger partial charge is 0.0629 e. The molecule has 1 rings (SSSR count). The molecule has 0 aliphatic heterocycles. The van der Waals surface area contributed by atoms with E-state index < -0.39 is 0 Å². The van der Waals surface area contributed by atoms with Gasteiger partial charge in [-0.05, 0) is 50.3 Å². The van der Waals surface area contributed by atoms with Gasteiger partial charge in [0.2, 0.25) is 0 Å². The average molecular weight is 259 g/mol. The van der Waals surface area contributed by atoms with E-state index in [0.717, 1.165) is 12.1 Å². The highest BCUT2D eigenvalue weighted by molar-refractivity contribution is 5.84. The van der Waals surface area contributed by atoms with Gasteiger partial charge in [0.15, 0.2) is 0 Å². The van der Waals surface area contributed by atoms with Crippen LogP contribution in [-0.4, -0.2) is 5.71 Å². The third kappa shape index (κ3) is 7.15. The van der Waals surface area contributed by atoms with Crippen LogP contribution in [0.4, 0.5) is 5.69 Å². The van der Waals surface area contributed by atoms with Gasteiger partial charge in [-0.2, -0.15) is 0 Å². The highest BCUT2D eigenvalue weighted by Gasteiger charge is 1.96. The molecular weight excluding hydrogens is 230 g/mol. The van der Waals surface area contributed by atoms with Crippen LogP contribution in [0, 0.1) is 0 Å². The molecule has 0 atom stereocenters. The van der Waals surface area contributed by atoms with Gasteiger partial charge in [-0.25, -0.2) is 0 Å². The Morgan fingerprint density at radius 1 is 0.895 bits per heavy atom. The number of unbranched alkanes of at least 4 members (excludes halogenated alkanes) is 4. The zero-order valence-corrected chi connectivity index (χ0v) is 12.9. The van der Waals surface area contributed by atoms with Gasteiger partial charge in [0, 0.05) is 5.71 Å². The van der Waals surface area contributed by atoms with Crippen molar-refractivity contribution in [1.29, 1.82) is 0 Å². The molecule has 0 spiro atoms. The first-order valence-corrected chi connectivity index (χ1v) is 7.89. The molecule has 0 bridgehead atoms. The molecule has 0 fully saturated rings. The number of rotatable bonds is 9.